The Morgan fingerprint density at radius 3 is 1.28 bits per heavy atom. The van der Waals surface area contributed by atoms with Crippen LogP contribution in [-0.2, 0) is 38.3 Å². The molecule has 43 heavy (non-hydrogen) atoms. The third-order valence-corrected chi connectivity index (χ3v) is 9.78. The molecule has 12 heteroatoms. The molecule has 0 bridgehead atoms. The average molecular weight is 614 g/mol. The quantitative estimate of drug-likeness (QED) is 0.229. The fourth-order valence-corrected chi connectivity index (χ4v) is 7.70. The van der Waals surface area contributed by atoms with Gasteiger partial charge in [0.05, 0.1) is 37.3 Å². The molecule has 0 spiro atoms. The highest BCUT2D eigenvalue weighted by Gasteiger charge is 2.58. The molecule has 0 aromatic heterocycles. The fourth-order valence-electron chi connectivity index (χ4n) is 7.70. The molecule has 3 aliphatic rings. The Morgan fingerprint density at radius 1 is 0.628 bits per heavy atom. The number of rotatable bonds is 9. The lowest BCUT2D eigenvalue weighted by Crippen LogP contribution is -2.51. The summed E-state index contributed by atoms with van der Waals surface area (Å²) in [6.45, 7) is 22.8. The highest BCUT2D eigenvalue weighted by atomic mass is 16.7. The van der Waals surface area contributed by atoms with Gasteiger partial charge in [-0.05, 0) is 83.1 Å². The van der Waals surface area contributed by atoms with Gasteiger partial charge in [0.1, 0.15) is 18.3 Å². The summed E-state index contributed by atoms with van der Waals surface area (Å²) < 4.78 is 17.8. The summed E-state index contributed by atoms with van der Waals surface area (Å²) in [5.41, 5.74) is -3.81. The summed E-state index contributed by atoms with van der Waals surface area (Å²) in [4.78, 5) is 52.2. The van der Waals surface area contributed by atoms with Gasteiger partial charge in [-0.25, -0.2) is 0 Å². The summed E-state index contributed by atoms with van der Waals surface area (Å²) in [5.74, 6) is -4.03. The fraction of sp³-hybridized carbons (Fsp3) is 0.903. The summed E-state index contributed by atoms with van der Waals surface area (Å²) in [7, 11) is 3.13. The van der Waals surface area contributed by atoms with E-state index in [2.05, 4.69) is 0 Å². The van der Waals surface area contributed by atoms with Gasteiger partial charge in [0, 0.05) is 35.9 Å². The molecule has 3 saturated heterocycles. The third kappa shape index (κ3) is 6.46. The molecule has 0 amide bonds. The Morgan fingerprint density at radius 2 is 0.977 bits per heavy atom. The Bertz CT molecular complexity index is 1030. The van der Waals surface area contributed by atoms with Crippen molar-refractivity contribution in [3.63, 3.8) is 0 Å². The van der Waals surface area contributed by atoms with E-state index in [1.54, 1.807) is 38.2 Å². The molecule has 1 N–H and O–H groups in total. The first-order valence-electron chi connectivity index (χ1n) is 15.1. The molecule has 3 atom stereocenters. The van der Waals surface area contributed by atoms with E-state index in [0.29, 0.717) is 19.3 Å². The van der Waals surface area contributed by atoms with E-state index in [4.69, 9.17) is 23.9 Å². The second kappa shape index (κ2) is 11.5. The van der Waals surface area contributed by atoms with Crippen LogP contribution in [-0.4, -0.2) is 104 Å². The minimum Gasteiger partial charge on any atom is -0.460 e. The normalized spacial score (nSPS) is 31.5. The number of carbonyl (C=O) groups is 3. The second-order valence-electron chi connectivity index (χ2n) is 15.9. The molecular weight excluding hydrogens is 558 g/mol. The van der Waals surface area contributed by atoms with Crippen LogP contribution in [0.25, 0.3) is 0 Å². The second-order valence-corrected chi connectivity index (χ2v) is 15.9. The molecule has 3 aliphatic heterocycles. The third-order valence-electron chi connectivity index (χ3n) is 9.78. The van der Waals surface area contributed by atoms with E-state index in [1.165, 1.54) is 5.06 Å². The predicted molar refractivity (Wildman–Crippen MR) is 157 cm³/mol. The van der Waals surface area contributed by atoms with Crippen LogP contribution in [0, 0.1) is 5.92 Å². The van der Waals surface area contributed by atoms with Gasteiger partial charge in [-0.2, -0.15) is 15.2 Å². The molecule has 0 aliphatic carbocycles. The maximum absolute atomic E-state index is 13.8. The molecule has 0 aromatic carbocycles. The molecule has 3 fully saturated rings. The van der Waals surface area contributed by atoms with E-state index in [-0.39, 0.29) is 0 Å². The largest absolute Gasteiger partial charge is 0.460 e. The minimum absolute atomic E-state index is 0.373. The van der Waals surface area contributed by atoms with Gasteiger partial charge in [-0.3, -0.25) is 14.4 Å². The first-order chi connectivity index (χ1) is 19.4. The van der Waals surface area contributed by atoms with Crippen LogP contribution in [0.4, 0.5) is 0 Å². The molecule has 0 radical (unpaired) electrons. The van der Waals surface area contributed by atoms with Gasteiger partial charge in [-0.1, -0.05) is 0 Å². The Hall–Kier alpha value is -1.83. The highest BCUT2D eigenvalue weighted by Crippen LogP contribution is 2.45. The molecule has 12 nitrogen and oxygen atoms in total. The van der Waals surface area contributed by atoms with E-state index < -0.39 is 81.8 Å². The molecule has 3 unspecified atom stereocenters. The molecule has 3 rings (SSSR count). The SMILES string of the molecule is CON1C(C)(C)CC(OC(=O)C(CC(=O)OC2CC(C)(C)N(O)C2(C)C)C(=O)OC2CC(C)(C)N(OC)C2(C)C)C1(C)C. The number of nitrogens with zero attached hydrogens (tertiary/aromatic N) is 3. The topological polar surface area (TPSA) is 127 Å². The van der Waals surface area contributed by atoms with E-state index in [0.717, 1.165) is 0 Å². The zero-order chi connectivity index (χ0) is 33.1. The zero-order valence-electron chi connectivity index (χ0n) is 28.7. The van der Waals surface area contributed by atoms with Crippen molar-refractivity contribution >= 4 is 17.9 Å². The van der Waals surface area contributed by atoms with Crippen molar-refractivity contribution in [3.8, 4) is 0 Å². The van der Waals surface area contributed by atoms with Crippen LogP contribution >= 0.6 is 0 Å². The lowest BCUT2D eigenvalue weighted by atomic mass is 9.95. The van der Waals surface area contributed by atoms with Crippen molar-refractivity contribution in [3.05, 3.63) is 0 Å². The maximum Gasteiger partial charge on any atom is 0.321 e. The lowest BCUT2D eigenvalue weighted by Gasteiger charge is -2.38. The summed E-state index contributed by atoms with van der Waals surface area (Å²) in [6, 6.07) is 0. The predicted octanol–water partition coefficient (Wildman–Crippen LogP) is 4.03. The van der Waals surface area contributed by atoms with Crippen LogP contribution in [0.2, 0.25) is 0 Å². The van der Waals surface area contributed by atoms with Crippen molar-refractivity contribution < 1.29 is 43.5 Å². The number of hydroxylamine groups is 6. The first-order valence-corrected chi connectivity index (χ1v) is 15.1. The Labute approximate surface area is 257 Å². The van der Waals surface area contributed by atoms with Gasteiger partial charge in [-0.15, -0.1) is 0 Å². The number of ether oxygens (including phenoxy) is 3. The Kier molecular flexibility index (Phi) is 9.54. The summed E-state index contributed by atoms with van der Waals surface area (Å²) in [6.07, 6.45) is -1.19. The number of hydrogen-bond acceptors (Lipinski definition) is 12. The minimum atomic E-state index is -1.55. The number of hydrogen-bond donors (Lipinski definition) is 1. The van der Waals surface area contributed by atoms with Gasteiger partial charge in [0.15, 0.2) is 5.92 Å². The van der Waals surface area contributed by atoms with Crippen molar-refractivity contribution in [2.75, 3.05) is 14.2 Å². The molecule has 0 saturated carbocycles. The summed E-state index contributed by atoms with van der Waals surface area (Å²) in [5, 5.41) is 15.4. The van der Waals surface area contributed by atoms with E-state index in [1.807, 2.05) is 69.2 Å². The number of carbonyl (C=O) groups excluding carboxylic acids is 3. The van der Waals surface area contributed by atoms with E-state index >= 15 is 0 Å². The van der Waals surface area contributed by atoms with E-state index in [9.17, 15) is 19.6 Å². The lowest BCUT2D eigenvalue weighted by molar-refractivity contribution is -0.231. The van der Waals surface area contributed by atoms with Crippen molar-refractivity contribution in [2.24, 2.45) is 5.92 Å². The smallest absolute Gasteiger partial charge is 0.321 e. The van der Waals surface area contributed by atoms with Crippen LogP contribution in [0.1, 0.15) is 109 Å². The highest BCUT2D eigenvalue weighted by molar-refractivity contribution is 5.98. The van der Waals surface area contributed by atoms with Gasteiger partial charge < -0.3 is 29.1 Å². The standard InChI is InChI=1S/C31H55N3O9/c1-26(2)16-20(29(7,8)32(26)38)41-23(35)15-19(24(36)42-21-17-27(3,4)33(39-13)30(21,9)10)25(37)43-22-18-28(5,6)34(40-14)31(22,11)12/h19-22,38H,15-18H2,1-14H3. The molecule has 3 heterocycles. The van der Waals surface area contributed by atoms with Crippen LogP contribution in [0.3, 0.4) is 0 Å². The van der Waals surface area contributed by atoms with Crippen molar-refractivity contribution in [1.29, 1.82) is 0 Å². The monoisotopic (exact) mass is 613 g/mol. The number of esters is 3. The average Bonchev–Trinajstić information content (AvgIpc) is 3.20. The van der Waals surface area contributed by atoms with Crippen LogP contribution in [0.5, 0.6) is 0 Å². The van der Waals surface area contributed by atoms with Gasteiger partial charge >= 0.3 is 17.9 Å². The maximum atomic E-state index is 13.8. The van der Waals surface area contributed by atoms with Gasteiger partial charge in [0.25, 0.3) is 0 Å². The summed E-state index contributed by atoms with van der Waals surface area (Å²) >= 11 is 0. The molecular formula is C31H55N3O9. The van der Waals surface area contributed by atoms with Crippen LogP contribution < -0.4 is 0 Å². The van der Waals surface area contributed by atoms with Crippen LogP contribution in [0.15, 0.2) is 0 Å². The Balaban J connectivity index is 1.86. The van der Waals surface area contributed by atoms with Crippen molar-refractivity contribution in [2.45, 2.75) is 160 Å². The van der Waals surface area contributed by atoms with Gasteiger partial charge in [0.2, 0.25) is 0 Å². The zero-order valence-corrected chi connectivity index (χ0v) is 28.7. The van der Waals surface area contributed by atoms with Crippen molar-refractivity contribution in [1.82, 2.24) is 15.2 Å². The molecule has 0 aromatic rings. The first kappa shape index (κ1) is 35.6. The molecule has 248 valence electrons.